The van der Waals surface area contributed by atoms with Crippen LogP contribution in [0.4, 0.5) is 0 Å². The number of ether oxygens (including phenoxy) is 5. The highest BCUT2D eigenvalue weighted by Crippen LogP contribution is 2.46. The fourth-order valence-corrected chi connectivity index (χ4v) is 5.07. The van der Waals surface area contributed by atoms with E-state index in [9.17, 15) is 28.8 Å². The van der Waals surface area contributed by atoms with Crippen LogP contribution in [-0.2, 0) is 42.9 Å². The average molecular weight is 615 g/mol. The third-order valence-corrected chi connectivity index (χ3v) is 7.18. The Labute approximate surface area is 235 Å². The topological polar surface area (TPSA) is 152 Å². The lowest BCUT2D eigenvalue weighted by Crippen LogP contribution is -2.67. The standard InChI is InChI=1S/C22H19Cl4NO11/c1-6(28)34-5-10-18(35-7(2)29)19(36-8(3)30)17(22(38-10)37-9(4)31)27-20(32)11-12(21(27)33)14(24)16(26)15(25)13(11)23/h10,17-19,22H,5H2,1-4H3. The van der Waals surface area contributed by atoms with Crippen LogP contribution < -0.4 is 0 Å². The molecule has 0 spiro atoms. The van der Waals surface area contributed by atoms with E-state index >= 15 is 0 Å². The third-order valence-electron chi connectivity index (χ3n) is 5.38. The minimum atomic E-state index is -1.80. The van der Waals surface area contributed by atoms with Gasteiger partial charge in [0.1, 0.15) is 18.8 Å². The Balaban J connectivity index is 2.21. The Morgan fingerprint density at radius 3 is 1.58 bits per heavy atom. The van der Waals surface area contributed by atoms with Crippen LogP contribution in [0.15, 0.2) is 0 Å². The minimum Gasteiger partial charge on any atom is -0.463 e. The van der Waals surface area contributed by atoms with E-state index in [0.717, 1.165) is 27.7 Å². The van der Waals surface area contributed by atoms with Gasteiger partial charge < -0.3 is 23.7 Å². The first-order valence-corrected chi connectivity index (χ1v) is 12.2. The normalized spacial score (nSPS) is 24.5. The van der Waals surface area contributed by atoms with Gasteiger partial charge in [-0.1, -0.05) is 46.4 Å². The second kappa shape index (κ2) is 11.6. The van der Waals surface area contributed by atoms with E-state index in [2.05, 4.69) is 0 Å². The van der Waals surface area contributed by atoms with Gasteiger partial charge in [0.2, 0.25) is 6.29 Å². The zero-order valence-electron chi connectivity index (χ0n) is 20.0. The van der Waals surface area contributed by atoms with Gasteiger partial charge in [-0.05, 0) is 0 Å². The number of halogens is 4. The summed E-state index contributed by atoms with van der Waals surface area (Å²) < 4.78 is 26.6. The number of carbonyl (C=O) groups is 6. The molecule has 0 bridgehead atoms. The van der Waals surface area contributed by atoms with Crippen LogP contribution in [0, 0.1) is 0 Å². The third kappa shape index (κ3) is 5.69. The largest absolute Gasteiger partial charge is 0.463 e. The molecule has 0 saturated carbocycles. The van der Waals surface area contributed by atoms with E-state index in [1.807, 2.05) is 0 Å². The molecule has 12 nitrogen and oxygen atoms in total. The Morgan fingerprint density at radius 1 is 0.711 bits per heavy atom. The van der Waals surface area contributed by atoms with Crippen LogP contribution in [0.25, 0.3) is 0 Å². The summed E-state index contributed by atoms with van der Waals surface area (Å²) in [6, 6.07) is -1.74. The van der Waals surface area contributed by atoms with Gasteiger partial charge in [0.15, 0.2) is 12.2 Å². The van der Waals surface area contributed by atoms with E-state index in [1.165, 1.54) is 0 Å². The molecule has 2 aliphatic rings. The Morgan fingerprint density at radius 2 is 1.16 bits per heavy atom. The lowest BCUT2D eigenvalue weighted by Gasteiger charge is -2.46. The molecule has 16 heteroatoms. The Kier molecular flexibility index (Phi) is 9.15. The molecule has 1 aromatic carbocycles. The van der Waals surface area contributed by atoms with Gasteiger partial charge in [0.25, 0.3) is 11.8 Å². The zero-order valence-corrected chi connectivity index (χ0v) is 23.1. The summed E-state index contributed by atoms with van der Waals surface area (Å²) >= 11 is 24.6. The number of benzene rings is 1. The number of hydrogen-bond donors (Lipinski definition) is 0. The van der Waals surface area contributed by atoms with Crippen molar-refractivity contribution >= 4 is 82.1 Å². The molecule has 5 atom stereocenters. The molecule has 0 aromatic heterocycles. The number of esters is 4. The van der Waals surface area contributed by atoms with Gasteiger partial charge in [-0.15, -0.1) is 0 Å². The fourth-order valence-electron chi connectivity index (χ4n) is 4.05. The second-order valence-corrected chi connectivity index (χ2v) is 9.59. The van der Waals surface area contributed by atoms with Gasteiger partial charge in [-0.25, -0.2) is 0 Å². The van der Waals surface area contributed by atoms with Crippen molar-refractivity contribution in [2.24, 2.45) is 0 Å². The van der Waals surface area contributed by atoms with E-state index < -0.39 is 84.1 Å². The summed E-state index contributed by atoms with van der Waals surface area (Å²) in [6.45, 7) is 3.61. The maximum absolute atomic E-state index is 13.6. The summed E-state index contributed by atoms with van der Waals surface area (Å²) in [7, 11) is 0. The number of hydrogen-bond acceptors (Lipinski definition) is 11. The highest BCUT2D eigenvalue weighted by atomic mass is 35.5. The molecular weight excluding hydrogens is 596 g/mol. The molecule has 38 heavy (non-hydrogen) atoms. The summed E-state index contributed by atoms with van der Waals surface area (Å²) in [4.78, 5) is 75.2. The number of carbonyl (C=O) groups excluding carboxylic acids is 6. The van der Waals surface area contributed by atoms with Crippen molar-refractivity contribution in [1.29, 1.82) is 0 Å². The monoisotopic (exact) mass is 613 g/mol. The van der Waals surface area contributed by atoms with Crippen LogP contribution in [0.2, 0.25) is 20.1 Å². The van der Waals surface area contributed by atoms with Crippen molar-refractivity contribution < 1.29 is 52.5 Å². The molecule has 1 fully saturated rings. The highest BCUT2D eigenvalue weighted by molar-refractivity contribution is 6.55. The van der Waals surface area contributed by atoms with Gasteiger partial charge in [-0.2, -0.15) is 0 Å². The lowest BCUT2D eigenvalue weighted by atomic mass is 9.94. The molecule has 3 rings (SSSR count). The molecule has 2 amide bonds. The number of nitrogens with zero attached hydrogens (tertiary/aromatic N) is 1. The van der Waals surface area contributed by atoms with Crippen LogP contribution in [0.1, 0.15) is 48.4 Å². The summed E-state index contributed by atoms with van der Waals surface area (Å²) in [5.41, 5.74) is -0.824. The van der Waals surface area contributed by atoms with E-state index in [0.29, 0.717) is 4.90 Å². The predicted molar refractivity (Wildman–Crippen MR) is 129 cm³/mol. The smallest absolute Gasteiger partial charge is 0.305 e. The number of amides is 2. The van der Waals surface area contributed by atoms with Gasteiger partial charge in [0.05, 0.1) is 31.2 Å². The van der Waals surface area contributed by atoms with Crippen LogP contribution in [-0.4, -0.2) is 77.8 Å². The highest BCUT2D eigenvalue weighted by Gasteiger charge is 2.59. The van der Waals surface area contributed by atoms with E-state index in [-0.39, 0.29) is 20.1 Å². The number of imide groups is 1. The molecule has 1 saturated heterocycles. The first-order chi connectivity index (χ1) is 17.7. The minimum absolute atomic E-state index is 0.299. The quantitative estimate of drug-likeness (QED) is 0.153. The zero-order chi connectivity index (χ0) is 28.6. The van der Waals surface area contributed by atoms with Crippen LogP contribution in [0.5, 0.6) is 0 Å². The van der Waals surface area contributed by atoms with Crippen LogP contribution >= 0.6 is 46.4 Å². The summed E-state index contributed by atoms with van der Waals surface area (Å²) in [6.07, 6.45) is -6.38. The van der Waals surface area contributed by atoms with Crippen molar-refractivity contribution in [1.82, 2.24) is 4.90 Å². The van der Waals surface area contributed by atoms with E-state index in [4.69, 9.17) is 70.1 Å². The Hall–Kier alpha value is -2.64. The first kappa shape index (κ1) is 29.9. The summed E-state index contributed by atoms with van der Waals surface area (Å²) in [5.74, 6) is -5.59. The fraction of sp³-hybridized carbons (Fsp3) is 0.455. The number of fused-ring (bicyclic) bond motifs is 1. The van der Waals surface area contributed by atoms with Crippen molar-refractivity contribution in [3.05, 3.63) is 31.2 Å². The van der Waals surface area contributed by atoms with E-state index in [1.54, 1.807) is 0 Å². The second-order valence-electron chi connectivity index (χ2n) is 8.08. The van der Waals surface area contributed by atoms with Crippen molar-refractivity contribution in [3.63, 3.8) is 0 Å². The van der Waals surface area contributed by atoms with Gasteiger partial charge in [0, 0.05) is 27.7 Å². The van der Waals surface area contributed by atoms with Gasteiger partial charge >= 0.3 is 23.9 Å². The molecule has 1 aromatic rings. The lowest BCUT2D eigenvalue weighted by molar-refractivity contribution is -0.278. The van der Waals surface area contributed by atoms with Crippen molar-refractivity contribution in [2.75, 3.05) is 6.61 Å². The van der Waals surface area contributed by atoms with Crippen molar-refractivity contribution in [3.8, 4) is 0 Å². The molecule has 0 aliphatic carbocycles. The number of rotatable bonds is 6. The van der Waals surface area contributed by atoms with Crippen LogP contribution in [0.3, 0.4) is 0 Å². The Bertz CT molecular complexity index is 1190. The molecule has 0 radical (unpaired) electrons. The SMILES string of the molecule is CC(=O)OCC1OC(OC(C)=O)C(N2C(=O)c3c(Cl)c(Cl)c(Cl)c(Cl)c3C2=O)C(OC(C)=O)C1OC(C)=O. The summed E-state index contributed by atoms with van der Waals surface area (Å²) in [5, 5.41) is -1.36. The first-order valence-electron chi connectivity index (χ1n) is 10.7. The van der Waals surface area contributed by atoms with Crippen molar-refractivity contribution in [2.45, 2.75) is 58.3 Å². The predicted octanol–water partition coefficient (Wildman–Crippen LogP) is 2.98. The average Bonchev–Trinajstić information content (AvgIpc) is 3.06. The molecule has 206 valence electrons. The molecule has 0 N–H and O–H groups in total. The maximum Gasteiger partial charge on any atom is 0.305 e. The molecule has 5 unspecified atom stereocenters. The molecule has 2 aliphatic heterocycles. The molecule has 2 heterocycles. The molecular formula is C22H19Cl4NO11. The van der Waals surface area contributed by atoms with Gasteiger partial charge in [-0.3, -0.25) is 33.7 Å². The maximum atomic E-state index is 13.6.